The number of aromatic nitrogens is 1. The Labute approximate surface area is 142 Å². The molecule has 0 radical (unpaired) electrons. The van der Waals surface area contributed by atoms with E-state index in [9.17, 15) is 8.42 Å². The maximum absolute atomic E-state index is 11.8. The molecular formula is C17H23N3O3S. The van der Waals surface area contributed by atoms with Gasteiger partial charge >= 0.3 is 0 Å². The Morgan fingerprint density at radius 3 is 2.79 bits per heavy atom. The quantitative estimate of drug-likeness (QED) is 0.866. The standard InChI is InChI=1S/C17H23N3O3S/c1-4-24(21,22)20-10-13(11-20)9-18-15-8-12(2)19-17-14(15)6-5-7-16(17)23-3/h5-8,13H,4,9-11H2,1-3H3,(H,18,19). The number of para-hydroxylation sites is 1. The van der Waals surface area contributed by atoms with E-state index in [1.165, 1.54) is 0 Å². The lowest BCUT2D eigenvalue weighted by Crippen LogP contribution is -2.52. The number of hydrogen-bond donors (Lipinski definition) is 1. The monoisotopic (exact) mass is 349 g/mol. The third kappa shape index (κ3) is 3.18. The van der Waals surface area contributed by atoms with Gasteiger partial charge in [0.25, 0.3) is 0 Å². The van der Waals surface area contributed by atoms with Crippen molar-refractivity contribution in [2.45, 2.75) is 13.8 Å². The summed E-state index contributed by atoms with van der Waals surface area (Å²) in [6, 6.07) is 7.88. The summed E-state index contributed by atoms with van der Waals surface area (Å²) >= 11 is 0. The third-order valence-corrected chi connectivity index (χ3v) is 6.23. The van der Waals surface area contributed by atoms with Crippen molar-refractivity contribution in [3.63, 3.8) is 0 Å². The summed E-state index contributed by atoms with van der Waals surface area (Å²) < 4.78 is 30.5. The van der Waals surface area contributed by atoms with Gasteiger partial charge in [0, 0.05) is 42.3 Å². The number of fused-ring (bicyclic) bond motifs is 1. The van der Waals surface area contributed by atoms with Gasteiger partial charge in [-0.25, -0.2) is 17.7 Å². The summed E-state index contributed by atoms with van der Waals surface area (Å²) in [4.78, 5) is 4.57. The van der Waals surface area contributed by atoms with E-state index in [1.54, 1.807) is 18.3 Å². The molecule has 3 rings (SSSR count). The van der Waals surface area contributed by atoms with E-state index in [0.29, 0.717) is 19.0 Å². The number of anilines is 1. The Hall–Kier alpha value is -1.86. The van der Waals surface area contributed by atoms with Gasteiger partial charge in [-0.05, 0) is 26.0 Å². The zero-order valence-electron chi connectivity index (χ0n) is 14.2. The minimum atomic E-state index is -3.05. The highest BCUT2D eigenvalue weighted by Crippen LogP contribution is 2.30. The molecule has 0 aliphatic carbocycles. The first-order chi connectivity index (χ1) is 11.4. The summed E-state index contributed by atoms with van der Waals surface area (Å²) in [6.07, 6.45) is 0. The number of hydrogen-bond acceptors (Lipinski definition) is 5. The van der Waals surface area contributed by atoms with Crippen molar-refractivity contribution in [1.82, 2.24) is 9.29 Å². The van der Waals surface area contributed by atoms with Crippen molar-refractivity contribution in [2.75, 3.05) is 37.8 Å². The molecule has 24 heavy (non-hydrogen) atoms. The Balaban J connectivity index is 1.73. The smallest absolute Gasteiger partial charge is 0.213 e. The highest BCUT2D eigenvalue weighted by molar-refractivity contribution is 7.89. The van der Waals surface area contributed by atoms with Crippen LogP contribution in [0.1, 0.15) is 12.6 Å². The van der Waals surface area contributed by atoms with Gasteiger partial charge in [0.05, 0.1) is 12.9 Å². The molecule has 1 aromatic carbocycles. The molecule has 1 aliphatic heterocycles. The van der Waals surface area contributed by atoms with Crippen LogP contribution in [0.5, 0.6) is 5.75 Å². The van der Waals surface area contributed by atoms with Crippen molar-refractivity contribution in [3.8, 4) is 5.75 Å². The molecule has 130 valence electrons. The first-order valence-corrected chi connectivity index (χ1v) is 9.71. The molecule has 1 aliphatic rings. The highest BCUT2D eigenvalue weighted by Gasteiger charge is 2.34. The molecule has 0 spiro atoms. The fraction of sp³-hybridized carbons (Fsp3) is 0.471. The number of nitrogens with zero attached hydrogens (tertiary/aromatic N) is 2. The minimum absolute atomic E-state index is 0.168. The Bertz CT molecular complexity index is 846. The second kappa shape index (κ2) is 6.57. The predicted octanol–water partition coefficient (Wildman–Crippen LogP) is 2.25. The SMILES string of the molecule is CCS(=O)(=O)N1CC(CNc2cc(C)nc3c(OC)cccc23)C1. The molecule has 7 heteroatoms. The van der Waals surface area contributed by atoms with Gasteiger partial charge in [0.15, 0.2) is 0 Å². The van der Waals surface area contributed by atoms with E-state index in [4.69, 9.17) is 4.74 Å². The van der Waals surface area contributed by atoms with E-state index in [2.05, 4.69) is 10.3 Å². The maximum Gasteiger partial charge on any atom is 0.213 e. The zero-order valence-corrected chi connectivity index (χ0v) is 15.1. The molecule has 0 bridgehead atoms. The second-order valence-corrected chi connectivity index (χ2v) is 8.39. The first-order valence-electron chi connectivity index (χ1n) is 8.10. The summed E-state index contributed by atoms with van der Waals surface area (Å²) in [7, 11) is -1.41. The molecule has 1 fully saturated rings. The summed E-state index contributed by atoms with van der Waals surface area (Å²) in [5.41, 5.74) is 2.76. The number of methoxy groups -OCH3 is 1. The lowest BCUT2D eigenvalue weighted by molar-refractivity contribution is 0.212. The molecule has 6 nitrogen and oxygen atoms in total. The van der Waals surface area contributed by atoms with Gasteiger partial charge in [0.2, 0.25) is 10.0 Å². The van der Waals surface area contributed by atoms with E-state index < -0.39 is 10.0 Å². The van der Waals surface area contributed by atoms with Gasteiger partial charge < -0.3 is 10.1 Å². The topological polar surface area (TPSA) is 71.5 Å². The van der Waals surface area contributed by atoms with Crippen LogP contribution in [0.2, 0.25) is 0 Å². The van der Waals surface area contributed by atoms with Gasteiger partial charge in [-0.15, -0.1) is 0 Å². The lowest BCUT2D eigenvalue weighted by Gasteiger charge is -2.38. The van der Waals surface area contributed by atoms with Crippen LogP contribution in [-0.2, 0) is 10.0 Å². The van der Waals surface area contributed by atoms with Crippen LogP contribution >= 0.6 is 0 Å². The maximum atomic E-state index is 11.8. The van der Waals surface area contributed by atoms with Gasteiger partial charge in [-0.3, -0.25) is 0 Å². The van der Waals surface area contributed by atoms with Gasteiger partial charge in [-0.2, -0.15) is 0 Å². The molecule has 0 amide bonds. The predicted molar refractivity (Wildman–Crippen MR) is 96.0 cm³/mol. The van der Waals surface area contributed by atoms with Crippen molar-refractivity contribution in [2.24, 2.45) is 5.92 Å². The average molecular weight is 349 g/mol. The van der Waals surface area contributed by atoms with Gasteiger partial charge in [0.1, 0.15) is 11.3 Å². The average Bonchev–Trinajstić information content (AvgIpc) is 2.52. The molecule has 0 saturated carbocycles. The molecule has 1 saturated heterocycles. The Kier molecular flexibility index (Phi) is 4.64. The molecule has 2 heterocycles. The van der Waals surface area contributed by atoms with Crippen molar-refractivity contribution >= 4 is 26.6 Å². The highest BCUT2D eigenvalue weighted by atomic mass is 32.2. The van der Waals surface area contributed by atoms with Gasteiger partial charge in [-0.1, -0.05) is 12.1 Å². The van der Waals surface area contributed by atoms with Crippen molar-refractivity contribution < 1.29 is 13.2 Å². The third-order valence-electron chi connectivity index (χ3n) is 4.41. The molecule has 0 atom stereocenters. The number of rotatable bonds is 6. The number of ether oxygens (including phenoxy) is 1. The van der Waals surface area contributed by atoms with Crippen LogP contribution in [0.4, 0.5) is 5.69 Å². The summed E-state index contributed by atoms with van der Waals surface area (Å²) in [5, 5.41) is 4.47. The van der Waals surface area contributed by atoms with Crippen LogP contribution < -0.4 is 10.1 Å². The number of benzene rings is 1. The lowest BCUT2D eigenvalue weighted by atomic mass is 10.0. The molecule has 0 unspecified atom stereocenters. The zero-order chi connectivity index (χ0) is 17.3. The summed E-state index contributed by atoms with van der Waals surface area (Å²) in [5.74, 6) is 1.25. The molecule has 1 N–H and O–H groups in total. The van der Waals surface area contributed by atoms with Crippen LogP contribution in [0.15, 0.2) is 24.3 Å². The fourth-order valence-corrected chi connectivity index (χ4v) is 4.22. The number of pyridine rings is 1. The number of nitrogens with one attached hydrogen (secondary N) is 1. The molecule has 2 aromatic rings. The number of aryl methyl sites for hydroxylation is 1. The first kappa shape index (κ1) is 17.0. The van der Waals surface area contributed by atoms with Crippen molar-refractivity contribution in [3.05, 3.63) is 30.0 Å². The van der Waals surface area contributed by atoms with Crippen LogP contribution in [0, 0.1) is 12.8 Å². The van der Waals surface area contributed by atoms with Crippen LogP contribution in [0.3, 0.4) is 0 Å². The minimum Gasteiger partial charge on any atom is -0.494 e. The fourth-order valence-electron chi connectivity index (χ4n) is 2.98. The molecular weight excluding hydrogens is 326 g/mol. The summed E-state index contributed by atoms with van der Waals surface area (Å²) in [6.45, 7) is 5.56. The van der Waals surface area contributed by atoms with E-state index in [1.807, 2.05) is 31.2 Å². The van der Waals surface area contributed by atoms with E-state index in [0.717, 1.165) is 34.6 Å². The van der Waals surface area contributed by atoms with E-state index in [-0.39, 0.29) is 5.75 Å². The Morgan fingerprint density at radius 2 is 2.12 bits per heavy atom. The van der Waals surface area contributed by atoms with E-state index >= 15 is 0 Å². The second-order valence-electron chi connectivity index (χ2n) is 6.13. The van der Waals surface area contributed by atoms with Crippen LogP contribution in [0.25, 0.3) is 10.9 Å². The van der Waals surface area contributed by atoms with Crippen molar-refractivity contribution in [1.29, 1.82) is 0 Å². The Morgan fingerprint density at radius 1 is 1.38 bits per heavy atom. The number of sulfonamides is 1. The largest absolute Gasteiger partial charge is 0.494 e. The normalized spacial score (nSPS) is 16.1. The van der Waals surface area contributed by atoms with Crippen LogP contribution in [-0.4, -0.2) is 50.2 Å². The molecule has 1 aromatic heterocycles.